The minimum Gasteiger partial charge on any atom is -0.349 e. The second kappa shape index (κ2) is 6.19. The summed E-state index contributed by atoms with van der Waals surface area (Å²) in [5.74, 6) is -0.819. The highest BCUT2D eigenvalue weighted by molar-refractivity contribution is 6.35. The molecule has 2 amide bonds. The summed E-state index contributed by atoms with van der Waals surface area (Å²) in [7, 11) is 0. The Kier molecular flexibility index (Phi) is 4.53. The predicted octanol–water partition coefficient (Wildman–Crippen LogP) is -1.29. The van der Waals surface area contributed by atoms with Gasteiger partial charge < -0.3 is 15.6 Å². The Morgan fingerprint density at radius 2 is 2.19 bits per heavy atom. The predicted molar refractivity (Wildman–Crippen MR) is 53.9 cm³/mol. The number of rotatable bonds is 4. The second-order valence-electron chi connectivity index (χ2n) is 2.88. The molecule has 84 valence electrons. The van der Waals surface area contributed by atoms with Crippen molar-refractivity contribution in [1.82, 2.24) is 20.6 Å². The van der Waals surface area contributed by atoms with Gasteiger partial charge in [-0.2, -0.15) is 5.26 Å². The summed E-state index contributed by atoms with van der Waals surface area (Å²) in [4.78, 5) is 28.9. The van der Waals surface area contributed by atoms with Crippen LogP contribution in [-0.2, 0) is 16.0 Å². The van der Waals surface area contributed by atoms with Crippen molar-refractivity contribution in [3.8, 4) is 6.07 Å². The first-order valence-electron chi connectivity index (χ1n) is 4.65. The molecule has 0 radical (unpaired) electrons. The van der Waals surface area contributed by atoms with Crippen molar-refractivity contribution in [2.24, 2.45) is 0 Å². The van der Waals surface area contributed by atoms with Crippen LogP contribution in [0.1, 0.15) is 5.82 Å². The van der Waals surface area contributed by atoms with E-state index in [-0.39, 0.29) is 6.54 Å². The Hall–Kier alpha value is -2.36. The molecule has 0 spiro atoms. The summed E-state index contributed by atoms with van der Waals surface area (Å²) in [6.07, 6.45) is 3.80. The van der Waals surface area contributed by atoms with Gasteiger partial charge in [-0.1, -0.05) is 0 Å². The number of carbonyl (C=O) groups is 2. The fraction of sp³-hybridized carbons (Fsp3) is 0.333. The van der Waals surface area contributed by atoms with E-state index in [1.54, 1.807) is 18.5 Å². The van der Waals surface area contributed by atoms with Crippen LogP contribution >= 0.6 is 0 Å². The number of aromatic amines is 1. The number of nitriles is 1. The van der Waals surface area contributed by atoms with E-state index in [0.717, 1.165) is 5.82 Å². The second-order valence-corrected chi connectivity index (χ2v) is 2.88. The van der Waals surface area contributed by atoms with Crippen LogP contribution in [0.25, 0.3) is 0 Å². The Labute approximate surface area is 91.9 Å². The molecule has 0 aliphatic heterocycles. The molecule has 7 heteroatoms. The number of imidazole rings is 1. The first-order valence-corrected chi connectivity index (χ1v) is 4.65. The van der Waals surface area contributed by atoms with E-state index in [1.165, 1.54) is 0 Å². The number of H-pyrrole nitrogens is 1. The minimum atomic E-state index is -0.805. The normalized spacial score (nSPS) is 9.19. The molecule has 1 aromatic rings. The number of hydrogen-bond acceptors (Lipinski definition) is 4. The van der Waals surface area contributed by atoms with E-state index in [2.05, 4.69) is 20.6 Å². The van der Waals surface area contributed by atoms with E-state index in [4.69, 9.17) is 5.26 Å². The minimum absolute atomic E-state index is 0.176. The van der Waals surface area contributed by atoms with Gasteiger partial charge in [-0.3, -0.25) is 9.59 Å². The smallest absolute Gasteiger partial charge is 0.310 e. The zero-order chi connectivity index (χ0) is 11.8. The van der Waals surface area contributed by atoms with Gasteiger partial charge in [-0.25, -0.2) is 4.98 Å². The van der Waals surface area contributed by atoms with E-state index in [9.17, 15) is 9.59 Å². The molecule has 1 aromatic heterocycles. The first-order chi connectivity index (χ1) is 7.74. The monoisotopic (exact) mass is 221 g/mol. The van der Waals surface area contributed by atoms with Crippen LogP contribution in [0.2, 0.25) is 0 Å². The van der Waals surface area contributed by atoms with Gasteiger partial charge in [-0.05, 0) is 0 Å². The molecule has 16 heavy (non-hydrogen) atoms. The Balaban J connectivity index is 2.20. The Morgan fingerprint density at radius 3 is 2.81 bits per heavy atom. The summed E-state index contributed by atoms with van der Waals surface area (Å²) in [6, 6.07) is 1.71. The summed E-state index contributed by atoms with van der Waals surface area (Å²) in [6.45, 7) is 0.136. The Bertz CT molecular complexity index is 393. The molecule has 0 saturated heterocycles. The van der Waals surface area contributed by atoms with Gasteiger partial charge in [0.05, 0.1) is 6.07 Å². The zero-order valence-corrected chi connectivity index (χ0v) is 8.49. The maximum atomic E-state index is 11.1. The van der Waals surface area contributed by atoms with E-state index in [1.807, 2.05) is 0 Å². The van der Waals surface area contributed by atoms with Crippen molar-refractivity contribution < 1.29 is 9.59 Å². The highest BCUT2D eigenvalue weighted by atomic mass is 16.2. The van der Waals surface area contributed by atoms with Gasteiger partial charge in [-0.15, -0.1) is 0 Å². The standard InChI is InChI=1S/C9H11N5O2/c10-2-4-14-9(16)8(15)13-3-1-7-11-5-6-12-7/h5-6H,1,3-4H2,(H,11,12)(H,13,15)(H,14,16). The van der Waals surface area contributed by atoms with E-state index < -0.39 is 11.8 Å². The van der Waals surface area contributed by atoms with Crippen LogP contribution < -0.4 is 10.6 Å². The highest BCUT2D eigenvalue weighted by Crippen LogP contribution is 1.87. The van der Waals surface area contributed by atoms with Crippen LogP contribution in [0.3, 0.4) is 0 Å². The molecule has 7 nitrogen and oxygen atoms in total. The van der Waals surface area contributed by atoms with Gasteiger partial charge in [0.1, 0.15) is 12.4 Å². The maximum Gasteiger partial charge on any atom is 0.310 e. The number of nitrogens with one attached hydrogen (secondary N) is 3. The molecule has 0 aromatic carbocycles. The molecule has 1 heterocycles. The summed E-state index contributed by atoms with van der Waals surface area (Å²) in [5, 5.41) is 12.7. The molecular weight excluding hydrogens is 210 g/mol. The fourth-order valence-electron chi connectivity index (χ4n) is 1.01. The maximum absolute atomic E-state index is 11.1. The lowest BCUT2D eigenvalue weighted by atomic mass is 10.4. The third-order valence-electron chi connectivity index (χ3n) is 1.74. The zero-order valence-electron chi connectivity index (χ0n) is 8.49. The number of nitrogens with zero attached hydrogens (tertiary/aromatic N) is 2. The third-order valence-corrected chi connectivity index (χ3v) is 1.74. The van der Waals surface area contributed by atoms with Gasteiger partial charge in [0.15, 0.2) is 0 Å². The highest BCUT2D eigenvalue weighted by Gasteiger charge is 2.11. The molecule has 0 fully saturated rings. The quantitative estimate of drug-likeness (QED) is 0.434. The lowest BCUT2D eigenvalue weighted by Crippen LogP contribution is -2.40. The molecule has 0 saturated carbocycles. The van der Waals surface area contributed by atoms with Gasteiger partial charge in [0.2, 0.25) is 0 Å². The molecule has 1 rings (SSSR count). The molecule has 0 aliphatic rings. The Morgan fingerprint density at radius 1 is 1.44 bits per heavy atom. The van der Waals surface area contributed by atoms with Crippen molar-refractivity contribution in [1.29, 1.82) is 5.26 Å². The third kappa shape index (κ3) is 3.79. The lowest BCUT2D eigenvalue weighted by Gasteiger charge is -2.02. The molecule has 0 atom stereocenters. The van der Waals surface area contributed by atoms with Crippen molar-refractivity contribution >= 4 is 11.8 Å². The number of amides is 2. The number of aromatic nitrogens is 2. The van der Waals surface area contributed by atoms with Gasteiger partial charge in [0, 0.05) is 25.4 Å². The van der Waals surface area contributed by atoms with Crippen LogP contribution in [0.4, 0.5) is 0 Å². The summed E-state index contributed by atoms with van der Waals surface area (Å²) in [5.41, 5.74) is 0. The van der Waals surface area contributed by atoms with Crippen molar-refractivity contribution in [3.05, 3.63) is 18.2 Å². The molecule has 0 unspecified atom stereocenters. The average molecular weight is 221 g/mol. The van der Waals surface area contributed by atoms with Gasteiger partial charge >= 0.3 is 11.8 Å². The van der Waals surface area contributed by atoms with Crippen molar-refractivity contribution in [2.75, 3.05) is 13.1 Å². The summed E-state index contributed by atoms with van der Waals surface area (Å²) >= 11 is 0. The first kappa shape index (κ1) is 11.7. The lowest BCUT2D eigenvalue weighted by molar-refractivity contribution is -0.139. The van der Waals surface area contributed by atoms with Crippen molar-refractivity contribution in [2.45, 2.75) is 6.42 Å². The molecule has 3 N–H and O–H groups in total. The number of carbonyl (C=O) groups excluding carboxylic acids is 2. The van der Waals surface area contributed by atoms with Crippen LogP contribution in [0.15, 0.2) is 12.4 Å². The molecule has 0 bridgehead atoms. The average Bonchev–Trinajstić information content (AvgIpc) is 2.78. The largest absolute Gasteiger partial charge is 0.349 e. The summed E-state index contributed by atoms with van der Waals surface area (Å²) < 4.78 is 0. The van der Waals surface area contributed by atoms with Crippen LogP contribution in [-0.4, -0.2) is 34.9 Å². The van der Waals surface area contributed by atoms with Crippen LogP contribution in [0, 0.1) is 11.3 Å². The SMILES string of the molecule is N#CCNC(=O)C(=O)NCCc1ncc[nH]1. The van der Waals surface area contributed by atoms with Crippen LogP contribution in [0.5, 0.6) is 0 Å². The van der Waals surface area contributed by atoms with E-state index in [0.29, 0.717) is 13.0 Å². The molecular formula is C9H11N5O2. The molecule has 0 aliphatic carbocycles. The number of hydrogen-bond donors (Lipinski definition) is 3. The van der Waals surface area contributed by atoms with Crippen molar-refractivity contribution in [3.63, 3.8) is 0 Å². The van der Waals surface area contributed by atoms with Gasteiger partial charge in [0.25, 0.3) is 0 Å². The fourth-order valence-corrected chi connectivity index (χ4v) is 1.01. The topological polar surface area (TPSA) is 111 Å². The van der Waals surface area contributed by atoms with E-state index >= 15 is 0 Å².